The van der Waals surface area contributed by atoms with Gasteiger partial charge in [-0.25, -0.2) is 0 Å². The Bertz CT molecular complexity index is 471. The molecule has 1 spiro atoms. The monoisotopic (exact) mass is 359 g/mol. The van der Waals surface area contributed by atoms with E-state index >= 15 is 0 Å². The summed E-state index contributed by atoms with van der Waals surface area (Å²) >= 11 is 2.21. The van der Waals surface area contributed by atoms with Crippen molar-refractivity contribution in [3.05, 3.63) is 33.4 Å². The summed E-state index contributed by atoms with van der Waals surface area (Å²) in [6, 6.07) is 7.64. The highest BCUT2D eigenvalue weighted by Crippen LogP contribution is 2.31. The highest BCUT2D eigenvalue weighted by atomic mass is 127. The van der Waals surface area contributed by atoms with Gasteiger partial charge >= 0.3 is 0 Å². The lowest BCUT2D eigenvalue weighted by molar-refractivity contribution is -0.143. The first kappa shape index (κ1) is 12.4. The quantitative estimate of drug-likeness (QED) is 0.719. The Morgan fingerprint density at radius 1 is 1.33 bits per heavy atom. The standard InChI is InChI=1S/C13H14INO3/c14-11-3-1-2-10(8-11)12(16)15-5-4-13(9-15)17-6-7-18-13/h1-3,8H,4-7,9H2. The van der Waals surface area contributed by atoms with Crippen LogP contribution in [-0.4, -0.2) is 42.9 Å². The first-order valence-electron chi connectivity index (χ1n) is 6.01. The molecule has 0 aromatic heterocycles. The van der Waals surface area contributed by atoms with E-state index in [0.29, 0.717) is 26.3 Å². The number of carbonyl (C=O) groups excluding carboxylic acids is 1. The Kier molecular flexibility index (Phi) is 3.29. The maximum atomic E-state index is 12.4. The van der Waals surface area contributed by atoms with E-state index in [4.69, 9.17) is 9.47 Å². The molecule has 0 radical (unpaired) electrons. The summed E-state index contributed by atoms with van der Waals surface area (Å²) in [7, 11) is 0. The van der Waals surface area contributed by atoms with Crippen molar-refractivity contribution in [2.45, 2.75) is 12.2 Å². The fraction of sp³-hybridized carbons (Fsp3) is 0.462. The number of hydrogen-bond acceptors (Lipinski definition) is 3. The minimum Gasteiger partial charge on any atom is -0.346 e. The summed E-state index contributed by atoms with van der Waals surface area (Å²) in [4.78, 5) is 14.2. The van der Waals surface area contributed by atoms with Crippen LogP contribution in [0.15, 0.2) is 24.3 Å². The van der Waals surface area contributed by atoms with Crippen molar-refractivity contribution in [3.63, 3.8) is 0 Å². The number of rotatable bonds is 1. The lowest BCUT2D eigenvalue weighted by Gasteiger charge is -2.22. The molecule has 18 heavy (non-hydrogen) atoms. The highest BCUT2D eigenvalue weighted by molar-refractivity contribution is 14.1. The summed E-state index contributed by atoms with van der Waals surface area (Å²) in [6.07, 6.45) is 0.767. The molecule has 0 saturated carbocycles. The van der Waals surface area contributed by atoms with E-state index in [1.807, 2.05) is 29.2 Å². The number of halogens is 1. The van der Waals surface area contributed by atoms with Crippen molar-refractivity contribution in [1.82, 2.24) is 4.90 Å². The van der Waals surface area contributed by atoms with Crippen molar-refractivity contribution in [2.24, 2.45) is 0 Å². The van der Waals surface area contributed by atoms with Crippen LogP contribution in [0.5, 0.6) is 0 Å². The zero-order valence-corrected chi connectivity index (χ0v) is 12.1. The molecule has 4 nitrogen and oxygen atoms in total. The third-order valence-corrected chi connectivity index (χ3v) is 4.04. The van der Waals surface area contributed by atoms with Gasteiger partial charge in [0, 0.05) is 22.1 Å². The molecule has 0 N–H and O–H groups in total. The summed E-state index contributed by atoms with van der Waals surface area (Å²) in [5, 5.41) is 0. The third-order valence-electron chi connectivity index (χ3n) is 3.37. The van der Waals surface area contributed by atoms with Crippen molar-refractivity contribution < 1.29 is 14.3 Å². The van der Waals surface area contributed by atoms with Gasteiger partial charge in [0.15, 0.2) is 5.79 Å². The summed E-state index contributed by atoms with van der Waals surface area (Å²) in [5.74, 6) is -0.470. The second-order valence-electron chi connectivity index (χ2n) is 4.59. The van der Waals surface area contributed by atoms with Crippen LogP contribution in [0.3, 0.4) is 0 Å². The molecule has 2 heterocycles. The Balaban J connectivity index is 1.74. The van der Waals surface area contributed by atoms with Crippen molar-refractivity contribution in [1.29, 1.82) is 0 Å². The van der Waals surface area contributed by atoms with E-state index in [1.165, 1.54) is 0 Å². The van der Waals surface area contributed by atoms with Crippen molar-refractivity contribution in [2.75, 3.05) is 26.3 Å². The Morgan fingerprint density at radius 2 is 2.11 bits per heavy atom. The number of benzene rings is 1. The van der Waals surface area contributed by atoms with E-state index in [1.54, 1.807) is 0 Å². The van der Waals surface area contributed by atoms with E-state index in [-0.39, 0.29) is 5.91 Å². The van der Waals surface area contributed by atoms with Gasteiger partial charge in [0.25, 0.3) is 5.91 Å². The van der Waals surface area contributed by atoms with Crippen molar-refractivity contribution >= 4 is 28.5 Å². The molecule has 2 saturated heterocycles. The van der Waals surface area contributed by atoms with E-state index in [9.17, 15) is 4.79 Å². The van der Waals surface area contributed by atoms with Crippen LogP contribution in [0.1, 0.15) is 16.8 Å². The lowest BCUT2D eigenvalue weighted by Crippen LogP contribution is -2.36. The predicted octanol–water partition coefficient (Wildman–Crippen LogP) is 1.88. The normalized spacial score (nSPS) is 21.7. The van der Waals surface area contributed by atoms with Gasteiger partial charge < -0.3 is 14.4 Å². The zero-order valence-electron chi connectivity index (χ0n) is 9.89. The topological polar surface area (TPSA) is 38.8 Å². The number of hydrogen-bond donors (Lipinski definition) is 0. The second kappa shape index (κ2) is 4.79. The van der Waals surface area contributed by atoms with Crippen LogP contribution >= 0.6 is 22.6 Å². The largest absolute Gasteiger partial charge is 0.346 e. The lowest BCUT2D eigenvalue weighted by atomic mass is 10.2. The van der Waals surface area contributed by atoms with E-state index in [2.05, 4.69) is 22.6 Å². The first-order valence-corrected chi connectivity index (χ1v) is 7.09. The third kappa shape index (κ3) is 2.26. The molecular formula is C13H14INO3. The summed E-state index contributed by atoms with van der Waals surface area (Å²) in [6.45, 7) is 2.50. The molecule has 1 amide bonds. The van der Waals surface area contributed by atoms with Gasteiger partial charge in [-0.15, -0.1) is 0 Å². The average molecular weight is 359 g/mol. The Morgan fingerprint density at radius 3 is 2.83 bits per heavy atom. The molecule has 0 bridgehead atoms. The van der Waals surface area contributed by atoms with Crippen LogP contribution in [0.2, 0.25) is 0 Å². The number of ether oxygens (including phenoxy) is 2. The van der Waals surface area contributed by atoms with Gasteiger partial charge in [0.2, 0.25) is 0 Å². The molecule has 0 unspecified atom stereocenters. The number of amides is 1. The van der Waals surface area contributed by atoms with Gasteiger partial charge in [-0.1, -0.05) is 6.07 Å². The minimum absolute atomic E-state index is 0.0597. The highest BCUT2D eigenvalue weighted by Gasteiger charge is 2.44. The second-order valence-corrected chi connectivity index (χ2v) is 5.84. The average Bonchev–Trinajstić information content (AvgIpc) is 3.00. The fourth-order valence-corrected chi connectivity index (χ4v) is 3.01. The molecule has 5 heteroatoms. The van der Waals surface area contributed by atoms with E-state index in [0.717, 1.165) is 15.6 Å². The predicted molar refractivity (Wildman–Crippen MR) is 74.3 cm³/mol. The summed E-state index contributed by atoms with van der Waals surface area (Å²) < 4.78 is 12.3. The van der Waals surface area contributed by atoms with Crippen LogP contribution in [-0.2, 0) is 9.47 Å². The molecule has 0 aliphatic carbocycles. The van der Waals surface area contributed by atoms with Gasteiger partial charge in [-0.3, -0.25) is 4.79 Å². The van der Waals surface area contributed by atoms with Crippen molar-refractivity contribution in [3.8, 4) is 0 Å². The molecule has 1 aromatic rings. The SMILES string of the molecule is O=C(c1cccc(I)c1)N1CCC2(C1)OCCO2. The number of likely N-dealkylation sites (tertiary alicyclic amines) is 1. The maximum Gasteiger partial charge on any atom is 0.254 e. The molecular weight excluding hydrogens is 345 g/mol. The smallest absolute Gasteiger partial charge is 0.254 e. The molecule has 3 rings (SSSR count). The molecule has 0 atom stereocenters. The van der Waals surface area contributed by atoms with Gasteiger partial charge in [0.05, 0.1) is 19.8 Å². The Labute approximate surface area is 119 Å². The zero-order chi connectivity index (χ0) is 12.6. The minimum atomic E-state index is -0.530. The van der Waals surface area contributed by atoms with Crippen LogP contribution in [0.25, 0.3) is 0 Å². The first-order chi connectivity index (χ1) is 8.69. The molecule has 96 valence electrons. The number of carbonyl (C=O) groups is 1. The van der Waals surface area contributed by atoms with Crippen LogP contribution in [0.4, 0.5) is 0 Å². The van der Waals surface area contributed by atoms with E-state index < -0.39 is 5.79 Å². The molecule has 2 fully saturated rings. The Hall–Kier alpha value is -0.660. The van der Waals surface area contributed by atoms with Gasteiger partial charge in [0.1, 0.15) is 0 Å². The maximum absolute atomic E-state index is 12.4. The van der Waals surface area contributed by atoms with Crippen LogP contribution < -0.4 is 0 Å². The fourth-order valence-electron chi connectivity index (χ4n) is 2.46. The van der Waals surface area contributed by atoms with Gasteiger partial charge in [-0.05, 0) is 40.8 Å². The van der Waals surface area contributed by atoms with Gasteiger partial charge in [-0.2, -0.15) is 0 Å². The van der Waals surface area contributed by atoms with Crippen LogP contribution in [0, 0.1) is 3.57 Å². The molecule has 2 aliphatic rings. The molecule has 1 aromatic carbocycles. The molecule has 2 aliphatic heterocycles. The summed E-state index contributed by atoms with van der Waals surface area (Å²) in [5.41, 5.74) is 0.733. The number of nitrogens with zero attached hydrogens (tertiary/aromatic N) is 1.